The fourth-order valence-electron chi connectivity index (χ4n) is 2.42. The minimum atomic E-state index is -0.570. The van der Waals surface area contributed by atoms with E-state index in [1.807, 2.05) is 0 Å². The summed E-state index contributed by atoms with van der Waals surface area (Å²) in [5.74, 6) is -1.11. The molecule has 1 aromatic rings. The van der Waals surface area contributed by atoms with Crippen molar-refractivity contribution in [2.24, 2.45) is 0 Å². The van der Waals surface area contributed by atoms with Crippen molar-refractivity contribution in [3.63, 3.8) is 0 Å². The van der Waals surface area contributed by atoms with Gasteiger partial charge in [0, 0.05) is 50.5 Å². The first kappa shape index (κ1) is 16.3. The van der Waals surface area contributed by atoms with Crippen LogP contribution in [-0.2, 0) is 0 Å². The third-order valence-corrected chi connectivity index (χ3v) is 3.32. The molecule has 0 bridgehead atoms. The number of nitrogens with one attached hydrogen (secondary N) is 1. The van der Waals surface area contributed by atoms with E-state index in [1.165, 1.54) is 12.1 Å². The van der Waals surface area contributed by atoms with Crippen LogP contribution in [0.5, 0.6) is 0 Å². The second kappa shape index (κ2) is 7.75. The first-order valence-electron chi connectivity index (χ1n) is 6.23. The smallest absolute Gasteiger partial charge is 0.130 e. The Morgan fingerprint density at radius 2 is 1.95 bits per heavy atom. The molecule has 0 unspecified atom stereocenters. The summed E-state index contributed by atoms with van der Waals surface area (Å²) < 4.78 is 26.7. The summed E-state index contributed by atoms with van der Waals surface area (Å²) in [4.78, 5) is 2.13. The van der Waals surface area contributed by atoms with Gasteiger partial charge in [-0.25, -0.2) is 8.78 Å². The summed E-state index contributed by atoms with van der Waals surface area (Å²) in [6, 6.07) is 3.47. The van der Waals surface area contributed by atoms with Crippen LogP contribution in [0.25, 0.3) is 0 Å². The van der Waals surface area contributed by atoms with Gasteiger partial charge in [-0.2, -0.15) is 0 Å². The number of hydrogen-bond acceptors (Lipinski definition) is 3. The van der Waals surface area contributed by atoms with Gasteiger partial charge in [0.1, 0.15) is 11.6 Å². The molecule has 0 aliphatic carbocycles. The molecular weight excluding hydrogens is 274 g/mol. The number of halogens is 3. The van der Waals surface area contributed by atoms with Crippen molar-refractivity contribution in [1.29, 1.82) is 0 Å². The highest BCUT2D eigenvalue weighted by atomic mass is 35.5. The van der Waals surface area contributed by atoms with Crippen molar-refractivity contribution in [3.8, 4) is 0 Å². The van der Waals surface area contributed by atoms with Crippen molar-refractivity contribution in [3.05, 3.63) is 35.4 Å². The number of nitrogens with zero attached hydrogens (tertiary/aromatic N) is 1. The highest BCUT2D eigenvalue weighted by molar-refractivity contribution is 5.85. The van der Waals surface area contributed by atoms with Gasteiger partial charge in [-0.15, -0.1) is 12.4 Å². The summed E-state index contributed by atoms with van der Waals surface area (Å²) in [5.41, 5.74) is 0.465. The topological polar surface area (TPSA) is 35.5 Å². The molecule has 2 rings (SSSR count). The molecule has 1 atom stereocenters. The lowest BCUT2D eigenvalue weighted by Gasteiger charge is -2.35. The lowest BCUT2D eigenvalue weighted by molar-refractivity contribution is 0.138. The van der Waals surface area contributed by atoms with Crippen molar-refractivity contribution in [2.45, 2.75) is 12.5 Å². The standard InChI is InChI=1S/C13H18F2N2O.ClH/c14-10-1-2-11(12(15)9-10)13(3-8-18)17-6-4-16-5-7-17;/h1-2,9,13,16,18H,3-8H2;1H/t13-;/m1./s1. The molecule has 3 nitrogen and oxygen atoms in total. The Morgan fingerprint density at radius 1 is 1.26 bits per heavy atom. The summed E-state index contributed by atoms with van der Waals surface area (Å²) in [7, 11) is 0. The lowest BCUT2D eigenvalue weighted by Crippen LogP contribution is -2.45. The molecule has 1 saturated heterocycles. The van der Waals surface area contributed by atoms with E-state index in [2.05, 4.69) is 10.2 Å². The average molecular weight is 293 g/mol. The van der Waals surface area contributed by atoms with E-state index in [0.29, 0.717) is 12.0 Å². The van der Waals surface area contributed by atoms with Crippen LogP contribution >= 0.6 is 12.4 Å². The molecule has 1 fully saturated rings. The van der Waals surface area contributed by atoms with Crippen molar-refractivity contribution in [2.75, 3.05) is 32.8 Å². The Morgan fingerprint density at radius 3 is 2.53 bits per heavy atom. The molecule has 1 aliphatic rings. The van der Waals surface area contributed by atoms with Gasteiger partial charge < -0.3 is 10.4 Å². The van der Waals surface area contributed by atoms with Gasteiger partial charge in [0.2, 0.25) is 0 Å². The third-order valence-electron chi connectivity index (χ3n) is 3.32. The predicted molar refractivity (Wildman–Crippen MR) is 72.5 cm³/mol. The molecule has 0 radical (unpaired) electrons. The second-order valence-electron chi connectivity index (χ2n) is 4.48. The molecule has 1 heterocycles. The largest absolute Gasteiger partial charge is 0.396 e. The molecule has 0 spiro atoms. The van der Waals surface area contributed by atoms with Crippen molar-refractivity contribution < 1.29 is 13.9 Å². The lowest BCUT2D eigenvalue weighted by atomic mass is 10.0. The van der Waals surface area contributed by atoms with Crippen LogP contribution in [0, 0.1) is 11.6 Å². The summed E-state index contributed by atoms with van der Waals surface area (Å²) in [6.45, 7) is 3.31. The van der Waals surface area contributed by atoms with Gasteiger partial charge in [-0.1, -0.05) is 6.07 Å². The molecule has 2 N–H and O–H groups in total. The zero-order valence-corrected chi connectivity index (χ0v) is 11.4. The maximum absolute atomic E-state index is 13.8. The number of aliphatic hydroxyl groups excluding tert-OH is 1. The van der Waals surface area contributed by atoms with Crippen molar-refractivity contribution >= 4 is 12.4 Å². The van der Waals surface area contributed by atoms with Gasteiger partial charge >= 0.3 is 0 Å². The zero-order valence-electron chi connectivity index (χ0n) is 10.6. The van der Waals surface area contributed by atoms with Gasteiger partial charge in [0.05, 0.1) is 0 Å². The number of piperazine rings is 1. The molecule has 6 heteroatoms. The van der Waals surface area contributed by atoms with Crippen LogP contribution in [0.4, 0.5) is 8.78 Å². The van der Waals surface area contributed by atoms with Gasteiger partial charge in [-0.3, -0.25) is 4.90 Å². The number of benzene rings is 1. The average Bonchev–Trinajstić information content (AvgIpc) is 2.38. The summed E-state index contributed by atoms with van der Waals surface area (Å²) >= 11 is 0. The first-order chi connectivity index (χ1) is 8.72. The Balaban J connectivity index is 0.00000180. The SMILES string of the molecule is Cl.OCC[C@H](c1ccc(F)cc1F)N1CCNCC1. The van der Waals surface area contributed by atoms with E-state index in [9.17, 15) is 8.78 Å². The minimum absolute atomic E-state index is 0. The normalized spacial score (nSPS) is 17.8. The first-order valence-corrected chi connectivity index (χ1v) is 6.23. The molecule has 0 saturated carbocycles. The van der Waals surface area contributed by atoms with Gasteiger partial charge in [0.15, 0.2) is 0 Å². The summed E-state index contributed by atoms with van der Waals surface area (Å²) in [6.07, 6.45) is 0.461. The van der Waals surface area contributed by atoms with Crippen LogP contribution in [0.2, 0.25) is 0 Å². The maximum atomic E-state index is 13.8. The predicted octanol–water partition coefficient (Wildman–Crippen LogP) is 1.72. The van der Waals surface area contributed by atoms with E-state index in [1.54, 1.807) is 0 Å². The fraction of sp³-hybridized carbons (Fsp3) is 0.538. The van der Waals surface area contributed by atoms with Crippen LogP contribution in [-0.4, -0.2) is 42.8 Å². The minimum Gasteiger partial charge on any atom is -0.396 e. The van der Waals surface area contributed by atoms with Gasteiger partial charge in [-0.05, 0) is 12.5 Å². The molecule has 0 amide bonds. The second-order valence-corrected chi connectivity index (χ2v) is 4.48. The number of rotatable bonds is 4. The van der Waals surface area contributed by atoms with Crippen LogP contribution in [0.1, 0.15) is 18.0 Å². The highest BCUT2D eigenvalue weighted by Crippen LogP contribution is 2.27. The van der Waals surface area contributed by atoms with E-state index >= 15 is 0 Å². The quantitative estimate of drug-likeness (QED) is 0.887. The summed E-state index contributed by atoms with van der Waals surface area (Å²) in [5, 5.41) is 12.4. The molecule has 19 heavy (non-hydrogen) atoms. The van der Waals surface area contributed by atoms with E-state index in [4.69, 9.17) is 5.11 Å². The van der Waals surface area contributed by atoms with Gasteiger partial charge in [0.25, 0.3) is 0 Å². The van der Waals surface area contributed by atoms with Crippen LogP contribution in [0.15, 0.2) is 18.2 Å². The molecule has 1 aliphatic heterocycles. The monoisotopic (exact) mass is 292 g/mol. The van der Waals surface area contributed by atoms with Crippen LogP contribution < -0.4 is 5.32 Å². The Labute approximate surface area is 118 Å². The molecule has 108 valence electrons. The van der Waals surface area contributed by atoms with Crippen molar-refractivity contribution in [1.82, 2.24) is 10.2 Å². The van der Waals surface area contributed by atoms with E-state index < -0.39 is 11.6 Å². The Bertz CT molecular complexity index is 400. The maximum Gasteiger partial charge on any atom is 0.130 e. The van der Waals surface area contributed by atoms with E-state index in [-0.39, 0.29) is 25.1 Å². The molecule has 0 aromatic heterocycles. The molecular formula is C13H19ClF2N2O. The Kier molecular flexibility index (Phi) is 6.65. The van der Waals surface area contributed by atoms with E-state index in [0.717, 1.165) is 32.2 Å². The number of aliphatic hydroxyl groups is 1. The number of hydrogen-bond donors (Lipinski definition) is 2. The zero-order chi connectivity index (χ0) is 13.0. The van der Waals surface area contributed by atoms with Crippen LogP contribution in [0.3, 0.4) is 0 Å². The third kappa shape index (κ3) is 4.11. The molecule has 1 aromatic carbocycles. The highest BCUT2D eigenvalue weighted by Gasteiger charge is 2.24. The fourth-order valence-corrected chi connectivity index (χ4v) is 2.42. The Hall–Kier alpha value is -0.750.